The number of cyclic esters (lactones) is 1. The van der Waals surface area contributed by atoms with E-state index < -0.39 is 11.6 Å². The van der Waals surface area contributed by atoms with E-state index in [1.807, 2.05) is 13.0 Å². The molecule has 0 fully saturated rings. The molecule has 3 aliphatic rings. The van der Waals surface area contributed by atoms with Gasteiger partial charge in [0.2, 0.25) is 6.79 Å². The standard InChI is InChI=1S/C27H26N2O8/c1-3-14(30)5-6-34-11-17-15-7-22-23(37-13-36-22)9-20(15)28-24-16(17)10-29-21(24)8-19-18(25(29)31)12-35-26(32)27(19,33)4-2/h7-9,33H,3-6,10-13H2,1-2H3/t27-/m0/s1. The van der Waals surface area contributed by atoms with E-state index in [-0.39, 0.29) is 62.0 Å². The van der Waals surface area contributed by atoms with Crippen molar-refractivity contribution < 1.29 is 33.6 Å². The Bertz CT molecular complexity index is 1540. The molecule has 6 rings (SSSR count). The van der Waals surface area contributed by atoms with Gasteiger partial charge >= 0.3 is 5.97 Å². The maximum absolute atomic E-state index is 13.5. The van der Waals surface area contributed by atoms with Crippen molar-refractivity contribution in [3.8, 4) is 22.9 Å². The number of aromatic nitrogens is 2. The molecule has 0 unspecified atom stereocenters. The monoisotopic (exact) mass is 506 g/mol. The fourth-order valence-electron chi connectivity index (χ4n) is 5.25. The van der Waals surface area contributed by atoms with Crippen LogP contribution in [-0.2, 0) is 44.4 Å². The fraction of sp³-hybridized carbons (Fsp3) is 0.407. The second-order valence-corrected chi connectivity index (χ2v) is 9.44. The molecule has 1 aromatic carbocycles. The molecule has 37 heavy (non-hydrogen) atoms. The van der Waals surface area contributed by atoms with Gasteiger partial charge in [0.15, 0.2) is 17.1 Å². The molecular weight excluding hydrogens is 480 g/mol. The Balaban J connectivity index is 1.51. The molecule has 10 nitrogen and oxygen atoms in total. The van der Waals surface area contributed by atoms with Gasteiger partial charge in [-0.05, 0) is 24.1 Å². The predicted molar refractivity (Wildman–Crippen MR) is 130 cm³/mol. The van der Waals surface area contributed by atoms with Crippen LogP contribution in [0.1, 0.15) is 55.4 Å². The van der Waals surface area contributed by atoms with Crippen LogP contribution in [0.5, 0.6) is 11.5 Å². The number of hydrogen-bond donors (Lipinski definition) is 1. The minimum Gasteiger partial charge on any atom is -0.458 e. The van der Waals surface area contributed by atoms with Crippen molar-refractivity contribution >= 4 is 22.7 Å². The van der Waals surface area contributed by atoms with Gasteiger partial charge in [-0.25, -0.2) is 9.78 Å². The molecule has 1 N–H and O–H groups in total. The fourth-order valence-corrected chi connectivity index (χ4v) is 5.25. The molecular formula is C27H26N2O8. The van der Waals surface area contributed by atoms with Crippen LogP contribution in [-0.4, -0.2) is 39.8 Å². The number of hydrogen-bond acceptors (Lipinski definition) is 9. The molecule has 3 aromatic rings. The Labute approximate surface area is 211 Å². The summed E-state index contributed by atoms with van der Waals surface area (Å²) in [4.78, 5) is 42.6. The van der Waals surface area contributed by atoms with E-state index in [1.54, 1.807) is 23.6 Å². The van der Waals surface area contributed by atoms with E-state index in [0.717, 1.165) is 16.5 Å². The quantitative estimate of drug-likeness (QED) is 0.297. The Morgan fingerprint density at radius 2 is 1.92 bits per heavy atom. The van der Waals surface area contributed by atoms with E-state index >= 15 is 0 Å². The number of ketones is 1. The van der Waals surface area contributed by atoms with Gasteiger partial charge in [0.05, 0.1) is 42.2 Å². The zero-order valence-electron chi connectivity index (χ0n) is 20.6. The second-order valence-electron chi connectivity index (χ2n) is 9.44. The minimum absolute atomic E-state index is 0.0682. The van der Waals surface area contributed by atoms with Crippen molar-refractivity contribution in [2.24, 2.45) is 0 Å². The Hall–Kier alpha value is -3.76. The van der Waals surface area contributed by atoms with Gasteiger partial charge in [0.1, 0.15) is 12.4 Å². The number of rotatable bonds is 7. The number of pyridine rings is 2. The van der Waals surface area contributed by atoms with Crippen molar-refractivity contribution in [1.82, 2.24) is 9.55 Å². The Kier molecular flexibility index (Phi) is 5.54. The normalized spacial score (nSPS) is 18.9. The van der Waals surface area contributed by atoms with E-state index in [9.17, 15) is 19.5 Å². The zero-order chi connectivity index (χ0) is 25.9. The average molecular weight is 507 g/mol. The van der Waals surface area contributed by atoms with Gasteiger partial charge in [0, 0.05) is 35.4 Å². The lowest BCUT2D eigenvalue weighted by Gasteiger charge is -2.31. The number of benzene rings is 1. The Morgan fingerprint density at radius 1 is 1.14 bits per heavy atom. The summed E-state index contributed by atoms with van der Waals surface area (Å²) in [6, 6.07) is 5.34. The summed E-state index contributed by atoms with van der Waals surface area (Å²) >= 11 is 0. The molecule has 1 atom stereocenters. The lowest BCUT2D eigenvalue weighted by atomic mass is 9.86. The minimum atomic E-state index is -1.90. The van der Waals surface area contributed by atoms with Crippen molar-refractivity contribution in [3.05, 3.63) is 50.8 Å². The van der Waals surface area contributed by atoms with Gasteiger partial charge in [-0.3, -0.25) is 9.59 Å². The average Bonchev–Trinajstić information content (AvgIpc) is 3.51. The highest BCUT2D eigenvalue weighted by Gasteiger charge is 2.45. The third-order valence-electron chi connectivity index (χ3n) is 7.47. The SMILES string of the molecule is CCC(=O)CCOCc1c2c(nc3cc4c(cc13)OCO4)-c1cc3c(c(=O)n1C2)COC(=O)[C@]3(O)CC. The van der Waals surface area contributed by atoms with E-state index in [1.165, 1.54) is 0 Å². The first-order valence-corrected chi connectivity index (χ1v) is 12.4. The van der Waals surface area contributed by atoms with Crippen LogP contribution in [0.25, 0.3) is 22.3 Å². The topological polar surface area (TPSA) is 126 Å². The number of carbonyl (C=O) groups excluding carboxylic acids is 2. The van der Waals surface area contributed by atoms with Crippen LogP contribution in [0.2, 0.25) is 0 Å². The zero-order valence-corrected chi connectivity index (χ0v) is 20.6. The molecule has 2 aromatic heterocycles. The summed E-state index contributed by atoms with van der Waals surface area (Å²) in [6.45, 7) is 4.15. The van der Waals surface area contributed by atoms with Crippen molar-refractivity contribution in [1.29, 1.82) is 0 Å². The third-order valence-corrected chi connectivity index (χ3v) is 7.47. The molecule has 10 heteroatoms. The summed E-state index contributed by atoms with van der Waals surface area (Å²) in [7, 11) is 0. The molecule has 0 aliphatic carbocycles. The lowest BCUT2D eigenvalue weighted by Crippen LogP contribution is -2.44. The summed E-state index contributed by atoms with van der Waals surface area (Å²) in [6.07, 6.45) is 0.850. The van der Waals surface area contributed by atoms with E-state index in [2.05, 4.69) is 0 Å². The van der Waals surface area contributed by atoms with Gasteiger partial charge in [0.25, 0.3) is 5.56 Å². The maximum atomic E-state index is 13.5. The molecule has 0 saturated heterocycles. The largest absolute Gasteiger partial charge is 0.458 e. The first-order chi connectivity index (χ1) is 17.9. The number of Topliss-reactive ketones (excluding diaryl/α,β-unsaturated/α-hetero) is 1. The molecule has 192 valence electrons. The number of fused-ring (bicyclic) bond motifs is 6. The summed E-state index contributed by atoms with van der Waals surface area (Å²) in [5.41, 5.74) is 1.67. The first-order valence-electron chi connectivity index (χ1n) is 12.4. The first kappa shape index (κ1) is 23.6. The summed E-state index contributed by atoms with van der Waals surface area (Å²) in [5, 5.41) is 11.9. The van der Waals surface area contributed by atoms with E-state index in [0.29, 0.717) is 41.2 Å². The predicted octanol–water partition coefficient (Wildman–Crippen LogP) is 2.69. The molecule has 3 aliphatic heterocycles. The number of nitrogens with zero attached hydrogens (tertiary/aromatic N) is 2. The molecule has 0 radical (unpaired) electrons. The number of carbonyl (C=O) groups is 2. The molecule has 0 saturated carbocycles. The lowest BCUT2D eigenvalue weighted by molar-refractivity contribution is -0.172. The Morgan fingerprint density at radius 3 is 2.68 bits per heavy atom. The number of aliphatic hydroxyl groups is 1. The van der Waals surface area contributed by atoms with Gasteiger partial charge < -0.3 is 28.6 Å². The maximum Gasteiger partial charge on any atom is 0.343 e. The molecule has 0 amide bonds. The van der Waals surface area contributed by atoms with Crippen molar-refractivity contribution in [2.45, 2.75) is 58.5 Å². The van der Waals surface area contributed by atoms with Crippen LogP contribution < -0.4 is 15.0 Å². The van der Waals surface area contributed by atoms with E-state index in [4.69, 9.17) is 23.9 Å². The summed E-state index contributed by atoms with van der Waals surface area (Å²) < 4.78 is 23.8. The smallest absolute Gasteiger partial charge is 0.343 e. The van der Waals surface area contributed by atoms with Crippen LogP contribution in [0, 0.1) is 0 Å². The van der Waals surface area contributed by atoms with Crippen LogP contribution in [0.15, 0.2) is 23.0 Å². The highest BCUT2D eigenvalue weighted by atomic mass is 16.7. The van der Waals surface area contributed by atoms with Crippen molar-refractivity contribution in [2.75, 3.05) is 13.4 Å². The molecule has 5 heterocycles. The number of esters is 1. The van der Waals surface area contributed by atoms with Crippen molar-refractivity contribution in [3.63, 3.8) is 0 Å². The van der Waals surface area contributed by atoms with Gasteiger partial charge in [-0.1, -0.05) is 13.8 Å². The number of ether oxygens (including phenoxy) is 4. The van der Waals surface area contributed by atoms with Crippen LogP contribution in [0.4, 0.5) is 0 Å². The van der Waals surface area contributed by atoms with Crippen LogP contribution in [0.3, 0.4) is 0 Å². The summed E-state index contributed by atoms with van der Waals surface area (Å²) in [5.74, 6) is 0.533. The molecule has 0 spiro atoms. The third kappa shape index (κ3) is 3.54. The van der Waals surface area contributed by atoms with Gasteiger partial charge in [-0.2, -0.15) is 0 Å². The van der Waals surface area contributed by atoms with Crippen LogP contribution >= 0.6 is 0 Å². The highest BCUT2D eigenvalue weighted by Crippen LogP contribution is 2.43. The molecule has 0 bridgehead atoms. The van der Waals surface area contributed by atoms with Gasteiger partial charge in [-0.15, -0.1) is 0 Å². The second kappa shape index (κ2) is 8.67. The highest BCUT2D eigenvalue weighted by molar-refractivity contribution is 5.91.